The molecule has 0 aliphatic carbocycles. The lowest BCUT2D eigenvalue weighted by Crippen LogP contribution is -2.23. The smallest absolute Gasteiger partial charge is 0.251 e. The van der Waals surface area contributed by atoms with Gasteiger partial charge < -0.3 is 10.1 Å². The van der Waals surface area contributed by atoms with Gasteiger partial charge in [0.05, 0.1) is 0 Å². The van der Waals surface area contributed by atoms with Gasteiger partial charge in [-0.25, -0.2) is 0 Å². The third-order valence-corrected chi connectivity index (χ3v) is 2.21. The van der Waals surface area contributed by atoms with E-state index in [1.807, 2.05) is 13.8 Å². The Labute approximate surface area is 127 Å². The number of benzene rings is 1. The zero-order valence-corrected chi connectivity index (χ0v) is 13.9. The number of nitrogens with one attached hydrogen (secondary N) is 1. The van der Waals surface area contributed by atoms with Gasteiger partial charge >= 0.3 is 0 Å². The lowest BCUT2D eigenvalue weighted by Gasteiger charge is -2.06. The highest BCUT2D eigenvalue weighted by atomic mass is 16.1. The Kier molecular flexibility index (Phi) is 13.2. The Bertz CT molecular complexity index is 453. The summed E-state index contributed by atoms with van der Waals surface area (Å²) in [5.41, 5.74) is 2.09. The lowest BCUT2D eigenvalue weighted by atomic mass is 10.0. The van der Waals surface area contributed by atoms with Gasteiger partial charge in [0, 0.05) is 17.7 Å². The molecule has 0 atom stereocenters. The van der Waals surface area contributed by atoms with E-state index in [0.29, 0.717) is 17.7 Å². The number of hydrogen-bond donors (Lipinski definition) is 1. The molecule has 0 aromatic heterocycles. The molecule has 1 rings (SSSR count). The second-order valence-electron chi connectivity index (χ2n) is 4.39. The summed E-state index contributed by atoms with van der Waals surface area (Å²) in [4.78, 5) is 31.5. The van der Waals surface area contributed by atoms with Crippen molar-refractivity contribution in [3.8, 4) is 0 Å². The van der Waals surface area contributed by atoms with E-state index in [0.717, 1.165) is 11.8 Å². The van der Waals surface area contributed by atoms with E-state index in [-0.39, 0.29) is 11.7 Å². The van der Waals surface area contributed by atoms with Crippen LogP contribution in [0, 0.1) is 6.92 Å². The van der Waals surface area contributed by atoms with Crippen molar-refractivity contribution in [3.63, 3.8) is 0 Å². The molecule has 0 bridgehead atoms. The van der Waals surface area contributed by atoms with Crippen molar-refractivity contribution in [1.82, 2.24) is 5.32 Å². The summed E-state index contributed by atoms with van der Waals surface area (Å²) in [6.07, 6.45) is 2.00. The molecule has 0 aliphatic heterocycles. The first-order valence-electron chi connectivity index (χ1n) is 7.18. The van der Waals surface area contributed by atoms with Crippen LogP contribution in [0.5, 0.6) is 0 Å². The van der Waals surface area contributed by atoms with Gasteiger partial charge in [-0.3, -0.25) is 9.59 Å². The van der Waals surface area contributed by atoms with Crippen LogP contribution in [0.2, 0.25) is 0 Å². The van der Waals surface area contributed by atoms with E-state index in [1.165, 1.54) is 20.3 Å². The molecule has 4 nitrogen and oxygen atoms in total. The van der Waals surface area contributed by atoms with E-state index >= 15 is 0 Å². The molecule has 4 heteroatoms. The van der Waals surface area contributed by atoms with E-state index < -0.39 is 0 Å². The summed E-state index contributed by atoms with van der Waals surface area (Å²) in [5, 5.41) is 2.73. The number of Topliss-reactive ketones (excluding diaryl/α,β-unsaturated/α-hetero) is 1. The SMILES string of the molecule is CC=O.CCC.CCNC(=O)c1ccc(C(C)=O)cc1C. The fourth-order valence-electron chi connectivity index (χ4n) is 1.39. The average Bonchev–Trinajstić information content (AvgIpc) is 2.40. The quantitative estimate of drug-likeness (QED) is 0.684. The number of ketones is 1. The Hall–Kier alpha value is -1.97. The summed E-state index contributed by atoms with van der Waals surface area (Å²) < 4.78 is 0. The predicted molar refractivity (Wildman–Crippen MR) is 86.9 cm³/mol. The first-order valence-corrected chi connectivity index (χ1v) is 7.18. The number of rotatable bonds is 3. The van der Waals surface area contributed by atoms with Crippen molar-refractivity contribution in [2.45, 2.75) is 48.0 Å². The van der Waals surface area contributed by atoms with Crippen molar-refractivity contribution in [2.75, 3.05) is 6.54 Å². The molecule has 1 aromatic carbocycles. The number of aldehydes is 1. The highest BCUT2D eigenvalue weighted by molar-refractivity contribution is 5.98. The van der Waals surface area contributed by atoms with Crippen LogP contribution in [0.1, 0.15) is 67.3 Å². The van der Waals surface area contributed by atoms with Gasteiger partial charge in [0.2, 0.25) is 0 Å². The summed E-state index contributed by atoms with van der Waals surface area (Å²) in [7, 11) is 0. The minimum atomic E-state index is -0.0925. The van der Waals surface area contributed by atoms with E-state index in [9.17, 15) is 9.59 Å². The molecule has 0 heterocycles. The van der Waals surface area contributed by atoms with Crippen LogP contribution < -0.4 is 5.32 Å². The van der Waals surface area contributed by atoms with E-state index in [4.69, 9.17) is 4.79 Å². The first-order chi connectivity index (χ1) is 9.89. The van der Waals surface area contributed by atoms with Gasteiger partial charge in [0.15, 0.2) is 5.78 Å². The summed E-state index contributed by atoms with van der Waals surface area (Å²) in [5.74, 6) is -0.0781. The van der Waals surface area contributed by atoms with Gasteiger partial charge in [-0.1, -0.05) is 26.3 Å². The summed E-state index contributed by atoms with van der Waals surface area (Å²) in [6.45, 7) is 11.5. The maximum atomic E-state index is 11.6. The molecule has 0 aliphatic rings. The summed E-state index contributed by atoms with van der Waals surface area (Å²) >= 11 is 0. The van der Waals surface area contributed by atoms with Crippen molar-refractivity contribution < 1.29 is 14.4 Å². The van der Waals surface area contributed by atoms with Crippen LogP contribution in [0.3, 0.4) is 0 Å². The Morgan fingerprint density at radius 3 is 2.00 bits per heavy atom. The second kappa shape index (κ2) is 13.0. The fourth-order valence-corrected chi connectivity index (χ4v) is 1.39. The van der Waals surface area contributed by atoms with Gasteiger partial charge in [-0.15, -0.1) is 0 Å². The highest BCUT2D eigenvalue weighted by Crippen LogP contribution is 2.11. The molecule has 1 N–H and O–H groups in total. The Morgan fingerprint density at radius 1 is 1.19 bits per heavy atom. The largest absolute Gasteiger partial charge is 0.352 e. The van der Waals surface area contributed by atoms with Gasteiger partial charge in [-0.2, -0.15) is 0 Å². The molecule has 0 spiro atoms. The van der Waals surface area contributed by atoms with Crippen molar-refractivity contribution in [2.24, 2.45) is 0 Å². The van der Waals surface area contributed by atoms with Gasteiger partial charge in [-0.05, 0) is 45.4 Å². The predicted octanol–water partition coefficient (Wildman–Crippen LogP) is 3.57. The van der Waals surface area contributed by atoms with Crippen molar-refractivity contribution in [3.05, 3.63) is 34.9 Å². The minimum Gasteiger partial charge on any atom is -0.352 e. The zero-order valence-electron chi connectivity index (χ0n) is 13.9. The number of carbonyl (C=O) groups excluding carboxylic acids is 3. The Balaban J connectivity index is 0. The van der Waals surface area contributed by atoms with Crippen LogP contribution in [0.15, 0.2) is 18.2 Å². The number of amides is 1. The molecule has 1 amide bonds. The third kappa shape index (κ3) is 9.55. The topological polar surface area (TPSA) is 63.2 Å². The number of carbonyl (C=O) groups is 3. The van der Waals surface area contributed by atoms with E-state index in [1.54, 1.807) is 18.2 Å². The van der Waals surface area contributed by atoms with Crippen molar-refractivity contribution in [1.29, 1.82) is 0 Å². The Morgan fingerprint density at radius 2 is 1.67 bits per heavy atom. The molecular formula is C17H27NO3. The van der Waals surface area contributed by atoms with Crippen LogP contribution in [-0.4, -0.2) is 24.5 Å². The molecule has 118 valence electrons. The number of hydrogen-bond acceptors (Lipinski definition) is 3. The standard InChI is InChI=1S/C12H15NO2.C3H8.C2H4O/c1-4-13-12(15)11-6-5-10(9(3)14)7-8(11)2;1-3-2;1-2-3/h5-7H,4H2,1-3H3,(H,13,15);3H2,1-2H3;2H,1H3. The molecule has 0 saturated heterocycles. The molecule has 0 fully saturated rings. The normalized spacial score (nSPS) is 8.48. The maximum absolute atomic E-state index is 11.6. The molecule has 0 radical (unpaired) electrons. The van der Waals surface area contributed by atoms with Gasteiger partial charge in [0.1, 0.15) is 6.29 Å². The number of aryl methyl sites for hydroxylation is 1. The van der Waals surface area contributed by atoms with Crippen molar-refractivity contribution >= 4 is 18.0 Å². The zero-order chi connectivity index (χ0) is 16.8. The van der Waals surface area contributed by atoms with E-state index in [2.05, 4.69) is 19.2 Å². The summed E-state index contributed by atoms with van der Waals surface area (Å²) in [6, 6.07) is 5.11. The first kappa shape index (κ1) is 21.3. The molecule has 21 heavy (non-hydrogen) atoms. The lowest BCUT2D eigenvalue weighted by molar-refractivity contribution is -0.106. The van der Waals surface area contributed by atoms with Crippen LogP contribution in [-0.2, 0) is 4.79 Å². The monoisotopic (exact) mass is 293 g/mol. The molecule has 1 aromatic rings. The van der Waals surface area contributed by atoms with Crippen LogP contribution in [0.4, 0.5) is 0 Å². The highest BCUT2D eigenvalue weighted by Gasteiger charge is 2.09. The maximum Gasteiger partial charge on any atom is 0.251 e. The minimum absolute atomic E-state index is 0.0144. The molecule has 0 saturated carbocycles. The third-order valence-electron chi connectivity index (χ3n) is 2.21. The average molecular weight is 293 g/mol. The van der Waals surface area contributed by atoms with Crippen LogP contribution >= 0.6 is 0 Å². The molecular weight excluding hydrogens is 266 g/mol. The fraction of sp³-hybridized carbons (Fsp3) is 0.471. The van der Waals surface area contributed by atoms with Crippen LogP contribution in [0.25, 0.3) is 0 Å². The van der Waals surface area contributed by atoms with Gasteiger partial charge in [0.25, 0.3) is 5.91 Å². The molecule has 0 unspecified atom stereocenters. The second-order valence-corrected chi connectivity index (χ2v) is 4.39.